The molecular formula is C29H38N4O7. The highest BCUT2D eigenvalue weighted by Gasteiger charge is 2.64. The molecular weight excluding hydrogens is 516 g/mol. The molecule has 1 unspecified atom stereocenters. The number of ketones is 2. The zero-order valence-corrected chi connectivity index (χ0v) is 23.7. The first-order valence-corrected chi connectivity index (χ1v) is 13.6. The Morgan fingerprint density at radius 3 is 2.40 bits per heavy atom. The number of carbonyl (C=O) groups is 3. The molecule has 1 fully saturated rings. The molecule has 3 aliphatic carbocycles. The molecule has 0 bridgehead atoms. The monoisotopic (exact) mass is 554 g/mol. The lowest BCUT2D eigenvalue weighted by atomic mass is 9.57. The number of aliphatic hydroxyl groups excluding tert-OH is 2. The Bertz CT molecular complexity index is 1400. The number of Topliss-reactive ketones (excluding diaryl/α,β-unsaturated/α-hetero) is 2. The minimum absolute atomic E-state index is 0.0383. The second kappa shape index (κ2) is 9.32. The van der Waals surface area contributed by atoms with E-state index in [4.69, 9.17) is 5.73 Å². The minimum atomic E-state index is -2.64. The van der Waals surface area contributed by atoms with Crippen LogP contribution in [0.1, 0.15) is 49.4 Å². The molecule has 1 amide bonds. The molecule has 5 atom stereocenters. The summed E-state index contributed by atoms with van der Waals surface area (Å²) < 4.78 is 0. The number of likely N-dealkylation sites (N-methyl/N-ethyl adjacent to an activating group) is 1. The molecule has 6 N–H and O–H groups in total. The predicted molar refractivity (Wildman–Crippen MR) is 148 cm³/mol. The number of benzene rings is 1. The van der Waals surface area contributed by atoms with Crippen LogP contribution in [0, 0.1) is 11.8 Å². The summed E-state index contributed by atoms with van der Waals surface area (Å²) in [5.41, 5.74) is 4.42. The first-order valence-electron chi connectivity index (χ1n) is 13.6. The Hall–Kier alpha value is -3.41. The van der Waals surface area contributed by atoms with Gasteiger partial charge in [-0.1, -0.05) is 0 Å². The maximum atomic E-state index is 14.0. The van der Waals surface area contributed by atoms with Gasteiger partial charge in [0.1, 0.15) is 22.8 Å². The number of hydrogen-bond acceptors (Lipinski definition) is 10. The Morgan fingerprint density at radius 2 is 1.82 bits per heavy atom. The van der Waals surface area contributed by atoms with Crippen LogP contribution in [-0.4, -0.2) is 100 Å². The molecule has 1 aromatic rings. The molecule has 5 rings (SSSR count). The number of anilines is 1. The van der Waals surface area contributed by atoms with Crippen LogP contribution in [0.3, 0.4) is 0 Å². The van der Waals surface area contributed by atoms with E-state index >= 15 is 0 Å². The van der Waals surface area contributed by atoms with E-state index in [0.717, 1.165) is 24.2 Å². The summed E-state index contributed by atoms with van der Waals surface area (Å²) in [7, 11) is 7.17. The smallest absolute Gasteiger partial charge is 0.255 e. The highest BCUT2D eigenvalue weighted by atomic mass is 16.3. The highest BCUT2D eigenvalue weighted by molar-refractivity contribution is 6.24. The highest BCUT2D eigenvalue weighted by Crippen LogP contribution is 2.55. The number of primary amides is 1. The van der Waals surface area contributed by atoms with Crippen LogP contribution >= 0.6 is 0 Å². The predicted octanol–water partition coefficient (Wildman–Crippen LogP) is 1.19. The maximum Gasteiger partial charge on any atom is 0.255 e. The number of phenols is 1. The fourth-order valence-electron chi connectivity index (χ4n) is 7.40. The average Bonchev–Trinajstić information content (AvgIpc) is 2.85. The molecule has 11 heteroatoms. The Kier molecular flexibility index (Phi) is 6.56. The average molecular weight is 555 g/mol. The fourth-order valence-corrected chi connectivity index (χ4v) is 7.40. The number of fused-ring (bicyclic) bond motifs is 5. The van der Waals surface area contributed by atoms with Gasteiger partial charge in [0.05, 0.1) is 11.6 Å². The van der Waals surface area contributed by atoms with E-state index in [1.807, 2.05) is 14.1 Å². The molecule has 1 aliphatic heterocycles. The Labute approximate surface area is 233 Å². The van der Waals surface area contributed by atoms with Crippen LogP contribution in [0.25, 0.3) is 5.76 Å². The number of nitrogens with two attached hydrogens (primary N) is 1. The van der Waals surface area contributed by atoms with E-state index in [1.54, 1.807) is 20.2 Å². The molecule has 1 aromatic carbocycles. The van der Waals surface area contributed by atoms with Gasteiger partial charge in [0, 0.05) is 42.9 Å². The van der Waals surface area contributed by atoms with Crippen LogP contribution in [0.4, 0.5) is 5.69 Å². The van der Waals surface area contributed by atoms with E-state index in [9.17, 15) is 34.8 Å². The van der Waals surface area contributed by atoms with E-state index in [1.165, 1.54) is 4.90 Å². The van der Waals surface area contributed by atoms with E-state index < -0.39 is 58.0 Å². The normalized spacial score (nSPS) is 30.1. The van der Waals surface area contributed by atoms with Crippen molar-refractivity contribution in [2.24, 2.45) is 17.6 Å². The van der Waals surface area contributed by atoms with E-state index in [-0.39, 0.29) is 41.8 Å². The third kappa shape index (κ3) is 3.64. The van der Waals surface area contributed by atoms with Gasteiger partial charge >= 0.3 is 0 Å². The van der Waals surface area contributed by atoms with Gasteiger partial charge in [-0.15, -0.1) is 0 Å². The first-order chi connectivity index (χ1) is 18.6. The van der Waals surface area contributed by atoms with Crippen LogP contribution in [0.2, 0.25) is 0 Å². The van der Waals surface area contributed by atoms with Gasteiger partial charge < -0.3 is 31.1 Å². The van der Waals surface area contributed by atoms with Gasteiger partial charge in [0.25, 0.3) is 5.91 Å². The number of nitrogens with zero attached hydrogens (tertiary/aromatic N) is 3. The lowest BCUT2D eigenvalue weighted by molar-refractivity contribution is -0.153. The third-order valence-electron chi connectivity index (χ3n) is 9.51. The number of amides is 1. The number of aliphatic hydroxyl groups is 3. The summed E-state index contributed by atoms with van der Waals surface area (Å²) in [5, 5.41) is 45.5. The quantitative estimate of drug-likeness (QED) is 0.341. The zero-order chi connectivity index (χ0) is 29.6. The summed E-state index contributed by atoms with van der Waals surface area (Å²) in [6.45, 7) is 4.96. The summed E-state index contributed by atoms with van der Waals surface area (Å²) in [5.74, 6) is -6.46. The largest absolute Gasteiger partial charge is 0.508 e. The number of rotatable bonds is 4. The van der Waals surface area contributed by atoms with Crippen molar-refractivity contribution in [1.82, 2.24) is 9.80 Å². The van der Waals surface area contributed by atoms with Crippen molar-refractivity contribution in [3.63, 3.8) is 0 Å². The summed E-state index contributed by atoms with van der Waals surface area (Å²) in [6, 6.07) is 0.823. The SMILES string of the molecule is CC(C)N(C)C1CCN(C)c2c1cc(O)c1c2C[C@H]2C[C@@H]3[C@@H](N(C)C)C(=O)C(C(N)=O)=C(O)[C@@]3(O)C(=O)C2=C1O. The van der Waals surface area contributed by atoms with Gasteiger partial charge in [-0.3, -0.25) is 24.2 Å². The molecule has 216 valence electrons. The molecule has 0 radical (unpaired) electrons. The van der Waals surface area contributed by atoms with Crippen LogP contribution in [-0.2, 0) is 20.8 Å². The molecule has 0 aromatic heterocycles. The lowest BCUT2D eigenvalue weighted by Crippen LogP contribution is -2.65. The van der Waals surface area contributed by atoms with Crippen molar-refractivity contribution in [1.29, 1.82) is 0 Å². The van der Waals surface area contributed by atoms with Crippen molar-refractivity contribution in [2.45, 2.75) is 56.8 Å². The third-order valence-corrected chi connectivity index (χ3v) is 9.51. The molecule has 11 nitrogen and oxygen atoms in total. The fraction of sp³-hybridized carbons (Fsp3) is 0.552. The molecule has 40 heavy (non-hydrogen) atoms. The van der Waals surface area contributed by atoms with Gasteiger partial charge in [0.15, 0.2) is 11.4 Å². The summed E-state index contributed by atoms with van der Waals surface area (Å²) in [4.78, 5) is 45.3. The molecule has 1 heterocycles. The lowest BCUT2D eigenvalue weighted by Gasteiger charge is -2.50. The van der Waals surface area contributed by atoms with Crippen LogP contribution in [0.15, 0.2) is 23.0 Å². The van der Waals surface area contributed by atoms with Gasteiger partial charge in [-0.05, 0) is 77.4 Å². The molecule has 0 saturated heterocycles. The molecule has 0 spiro atoms. The van der Waals surface area contributed by atoms with Crippen molar-refractivity contribution >= 4 is 28.9 Å². The van der Waals surface area contributed by atoms with Gasteiger partial charge in [-0.25, -0.2) is 0 Å². The zero-order valence-electron chi connectivity index (χ0n) is 23.7. The van der Waals surface area contributed by atoms with Crippen molar-refractivity contribution in [3.05, 3.63) is 39.7 Å². The van der Waals surface area contributed by atoms with Gasteiger partial charge in [0.2, 0.25) is 5.78 Å². The number of aromatic hydroxyl groups is 1. The van der Waals surface area contributed by atoms with Crippen LogP contribution < -0.4 is 10.6 Å². The van der Waals surface area contributed by atoms with Crippen LogP contribution in [0.5, 0.6) is 5.75 Å². The Balaban J connectivity index is 1.73. The standard InChI is InChI=1S/C29H38N4O7/c1-12(2)33(6)17-7-8-32(5)22-14(17)11-18(34)20-15(22)9-13-10-16-23(31(3)4)25(36)21(28(30)39)27(38)29(16,40)26(37)19(13)24(20)35/h11-13,16-17,23,34-35,38,40H,7-10H2,1-6H3,(H2,30,39)/t13-,16+,17?,23+,29-/m0/s1. The van der Waals surface area contributed by atoms with Crippen molar-refractivity contribution in [2.75, 3.05) is 39.6 Å². The maximum absolute atomic E-state index is 14.0. The van der Waals surface area contributed by atoms with E-state index in [2.05, 4.69) is 23.6 Å². The summed E-state index contributed by atoms with van der Waals surface area (Å²) >= 11 is 0. The summed E-state index contributed by atoms with van der Waals surface area (Å²) in [6.07, 6.45) is 1.18. The molecule has 4 aliphatic rings. The number of phenolic OH excluding ortho intramolecular Hbond substituents is 1. The second-order valence-electron chi connectivity index (χ2n) is 12.1. The Morgan fingerprint density at radius 1 is 1.18 bits per heavy atom. The van der Waals surface area contributed by atoms with Crippen molar-refractivity contribution < 1.29 is 34.8 Å². The first kappa shape index (κ1) is 28.1. The number of hydrogen-bond donors (Lipinski definition) is 5. The second-order valence-corrected chi connectivity index (χ2v) is 12.1. The topological polar surface area (TPSA) is 168 Å². The van der Waals surface area contributed by atoms with Gasteiger partial charge in [-0.2, -0.15) is 0 Å². The molecule has 1 saturated carbocycles. The number of carbonyl (C=O) groups excluding carboxylic acids is 3. The van der Waals surface area contributed by atoms with Crippen molar-refractivity contribution in [3.8, 4) is 5.75 Å². The van der Waals surface area contributed by atoms with E-state index in [0.29, 0.717) is 5.56 Å². The minimum Gasteiger partial charge on any atom is -0.508 e.